The van der Waals surface area contributed by atoms with Crippen LogP contribution in [0.3, 0.4) is 0 Å². The van der Waals surface area contributed by atoms with Crippen LogP contribution in [0.15, 0.2) is 11.6 Å². The number of carboxylic acid groups (broad SMARTS) is 1. The number of hydrogen-bond acceptors (Lipinski definition) is 25. The van der Waals surface area contributed by atoms with Gasteiger partial charge in [-0.2, -0.15) is 0 Å². The maximum absolute atomic E-state index is 13.2. The van der Waals surface area contributed by atoms with Crippen LogP contribution in [0.2, 0.25) is 0 Å². The summed E-state index contributed by atoms with van der Waals surface area (Å²) in [5.74, 6) is -0.609. The predicted octanol–water partition coefficient (Wildman–Crippen LogP) is -1.98. The van der Waals surface area contributed by atoms with Crippen molar-refractivity contribution in [2.45, 2.75) is 273 Å². The lowest BCUT2D eigenvalue weighted by Gasteiger charge is -2.71. The number of fused-ring (bicyclic) bond motifs is 7. The second-order valence-electron chi connectivity index (χ2n) is 28.5. The second kappa shape index (κ2) is 24.4. The average molecular weight is 1220 g/mol. The summed E-state index contributed by atoms with van der Waals surface area (Å²) in [5, 5.41) is 165. The van der Waals surface area contributed by atoms with Crippen molar-refractivity contribution >= 4 is 5.97 Å². The number of rotatable bonds is 14. The normalized spacial score (nSPS) is 55.3. The van der Waals surface area contributed by atoms with Crippen LogP contribution in [0, 0.1) is 50.2 Å². The molecule has 488 valence electrons. The molecule has 5 aliphatic carbocycles. The quantitative estimate of drug-likeness (QED) is 0.0662. The van der Waals surface area contributed by atoms with Gasteiger partial charge in [0.1, 0.15) is 104 Å². The Morgan fingerprint density at radius 3 is 1.82 bits per heavy atom. The molecule has 5 aliphatic heterocycles. The highest BCUT2D eigenvalue weighted by atomic mass is 16.8. The second-order valence-corrected chi connectivity index (χ2v) is 28.5. The van der Waals surface area contributed by atoms with E-state index in [9.17, 15) is 81.4 Å². The molecule has 10 rings (SSSR count). The average Bonchev–Trinajstić information content (AvgIpc) is 1.01. The Balaban J connectivity index is 0.854. The first-order valence-corrected chi connectivity index (χ1v) is 30.6. The molecule has 85 heavy (non-hydrogen) atoms. The van der Waals surface area contributed by atoms with Crippen LogP contribution in [0.5, 0.6) is 0 Å². The van der Waals surface area contributed by atoms with Gasteiger partial charge in [0, 0.05) is 5.41 Å². The van der Waals surface area contributed by atoms with E-state index in [4.69, 9.17) is 47.4 Å². The molecule has 5 heterocycles. The first kappa shape index (κ1) is 66.2. The molecule has 0 spiro atoms. The predicted molar refractivity (Wildman–Crippen MR) is 288 cm³/mol. The van der Waals surface area contributed by atoms with E-state index in [1.165, 1.54) is 19.4 Å². The first-order valence-electron chi connectivity index (χ1n) is 30.6. The standard InChI is InChI=1S/C59H96O26/c1-24-34(63)38(67)41(70)48(78-24)77-22-30-45(83-49-42(71)39(68)37(66)29(20-60)80-49)40(69)43(72)50(81-30)84-46-35(64)25(2)79-51(44(46)73)85-47-36(65)28(62)21-76-52(47)82-33-12-13-55(5)31(56(33,6)23-61)11-14-58(8)32(55)10-9-26-27-19-54(3,4)15-17-59(27,53(74)75)18-16-57(26,58)7/h9,24-25,27-52,60-73H,10-23H2,1-8H3,(H,74,75)/t24-,25-,27-,28-,29+,30+,31+,32+,33-,34-,35-,36-,37+,38+,39-,40+,41+,42+,43+,44+,45+,46+,47+,48+,49-,50-,51-,52-,55-,56-,57+,58+,59-/m0/s1. The molecule has 26 heteroatoms. The molecule has 9 fully saturated rings. The van der Waals surface area contributed by atoms with Crippen LogP contribution in [0.25, 0.3) is 0 Å². The SMILES string of the molecule is C[C@@H]1O[C@@H](OC[C@H]2O[C@@H](O[C@@H]3[C@@H](O)[C@H](C)O[C@@H](O[C@H]4[C@H](O[C@H]5CC[C@@]6(C)[C@@H](CC[C@]7(C)[C@@H]6CC=C6[C@@H]8CC(C)(C)CC[C@]8(C(=O)O)CC[C@]67C)[C@]5(C)CO)OC[C@H](O)[C@@H]4O)[C@@H]3O)[C@H](O)[C@@H](O)[C@@H]2O[C@@H]2O[C@H](CO)[C@@H](O)[C@H](O)[C@H]2O)[C@H](O)[C@H](O)[C@H]1O. The minimum absolute atomic E-state index is 0.0169. The zero-order valence-corrected chi connectivity index (χ0v) is 49.8. The summed E-state index contributed by atoms with van der Waals surface area (Å²) in [5.41, 5.74) is -1.02. The van der Waals surface area contributed by atoms with Crippen molar-refractivity contribution in [3.8, 4) is 0 Å². The van der Waals surface area contributed by atoms with Crippen molar-refractivity contribution in [1.82, 2.24) is 0 Å². The fourth-order valence-corrected chi connectivity index (χ4v) is 17.6. The summed E-state index contributed by atoms with van der Waals surface area (Å²) in [4.78, 5) is 13.2. The maximum atomic E-state index is 13.2. The van der Waals surface area contributed by atoms with Crippen LogP contribution in [0.1, 0.15) is 120 Å². The molecule has 4 saturated carbocycles. The van der Waals surface area contributed by atoms with Gasteiger partial charge in [-0.25, -0.2) is 0 Å². The highest BCUT2D eigenvalue weighted by Gasteiger charge is 2.70. The Morgan fingerprint density at radius 2 is 1.15 bits per heavy atom. The molecule has 5 saturated heterocycles. The van der Waals surface area contributed by atoms with Crippen molar-refractivity contribution < 1.29 is 129 Å². The molecule has 26 nitrogen and oxygen atoms in total. The number of allylic oxidation sites excluding steroid dienone is 2. The van der Waals surface area contributed by atoms with E-state index in [0.717, 1.165) is 38.5 Å². The van der Waals surface area contributed by atoms with E-state index in [-0.39, 0.29) is 52.6 Å². The highest BCUT2D eigenvalue weighted by molar-refractivity contribution is 5.76. The number of aliphatic hydroxyl groups excluding tert-OH is 14. The maximum Gasteiger partial charge on any atom is 0.310 e. The highest BCUT2D eigenvalue weighted by Crippen LogP contribution is 2.76. The molecule has 0 unspecified atom stereocenters. The fraction of sp³-hybridized carbons (Fsp3) is 0.949. The van der Waals surface area contributed by atoms with Crippen LogP contribution in [0.4, 0.5) is 0 Å². The monoisotopic (exact) mass is 1220 g/mol. The molecule has 10 aliphatic rings. The molecule has 0 aromatic carbocycles. The smallest absolute Gasteiger partial charge is 0.310 e. The zero-order valence-electron chi connectivity index (χ0n) is 49.8. The van der Waals surface area contributed by atoms with Gasteiger partial charge in [0.2, 0.25) is 0 Å². The first-order chi connectivity index (χ1) is 39.8. The Hall–Kier alpha value is -1.75. The molecule has 0 radical (unpaired) electrons. The largest absolute Gasteiger partial charge is 0.481 e. The molecule has 15 N–H and O–H groups in total. The lowest BCUT2D eigenvalue weighted by atomic mass is 9.33. The Morgan fingerprint density at radius 1 is 0.565 bits per heavy atom. The van der Waals surface area contributed by atoms with Gasteiger partial charge in [-0.3, -0.25) is 4.79 Å². The van der Waals surface area contributed by atoms with Crippen LogP contribution < -0.4 is 0 Å². The van der Waals surface area contributed by atoms with Gasteiger partial charge in [0.25, 0.3) is 0 Å². The third-order valence-corrected chi connectivity index (χ3v) is 23.3. The summed E-state index contributed by atoms with van der Waals surface area (Å²) >= 11 is 0. The summed E-state index contributed by atoms with van der Waals surface area (Å²) < 4.78 is 60.2. The minimum atomic E-state index is -2.13. The van der Waals surface area contributed by atoms with Gasteiger partial charge in [-0.05, 0) is 117 Å². The van der Waals surface area contributed by atoms with E-state index >= 15 is 0 Å². The van der Waals surface area contributed by atoms with Gasteiger partial charge in [-0.15, -0.1) is 0 Å². The van der Waals surface area contributed by atoms with E-state index in [2.05, 4.69) is 40.7 Å². The third kappa shape index (κ3) is 11.1. The van der Waals surface area contributed by atoms with Gasteiger partial charge in [-0.1, -0.05) is 53.2 Å². The number of aliphatic carboxylic acids is 1. The van der Waals surface area contributed by atoms with Crippen LogP contribution in [-0.2, 0) is 52.2 Å². The summed E-state index contributed by atoms with van der Waals surface area (Å²) in [6, 6.07) is 0. The van der Waals surface area contributed by atoms with Crippen molar-refractivity contribution in [1.29, 1.82) is 0 Å². The molecule has 33 atom stereocenters. The van der Waals surface area contributed by atoms with E-state index in [1.54, 1.807) is 0 Å². The molecule has 0 aromatic heterocycles. The minimum Gasteiger partial charge on any atom is -0.481 e. The van der Waals surface area contributed by atoms with E-state index in [0.29, 0.717) is 25.7 Å². The fourth-order valence-electron chi connectivity index (χ4n) is 17.6. The Bertz CT molecular complexity index is 2370. The lowest BCUT2D eigenvalue weighted by molar-refractivity contribution is -0.393. The number of aliphatic hydroxyl groups is 14. The van der Waals surface area contributed by atoms with Crippen molar-refractivity contribution in [3.05, 3.63) is 11.6 Å². The summed E-state index contributed by atoms with van der Waals surface area (Å²) in [6.07, 6.45) is -32.1. The third-order valence-electron chi connectivity index (χ3n) is 23.3. The van der Waals surface area contributed by atoms with E-state index < -0.39 is 184 Å². The van der Waals surface area contributed by atoms with Crippen molar-refractivity contribution in [2.75, 3.05) is 26.4 Å². The lowest BCUT2D eigenvalue weighted by Crippen LogP contribution is -2.67. The van der Waals surface area contributed by atoms with Gasteiger partial charge in [0.05, 0.1) is 50.2 Å². The topological polar surface area (TPSA) is 413 Å². The molecule has 0 amide bonds. The molecule has 0 bridgehead atoms. The Kier molecular flexibility index (Phi) is 19.0. The van der Waals surface area contributed by atoms with E-state index in [1.807, 2.05) is 6.92 Å². The summed E-state index contributed by atoms with van der Waals surface area (Å²) in [7, 11) is 0. The zero-order chi connectivity index (χ0) is 62.0. The molecular weight excluding hydrogens is 1120 g/mol. The van der Waals surface area contributed by atoms with Crippen LogP contribution >= 0.6 is 0 Å². The van der Waals surface area contributed by atoms with Crippen molar-refractivity contribution in [3.63, 3.8) is 0 Å². The molecule has 0 aromatic rings. The molecular formula is C59H96O26. The number of carboxylic acids is 1. The van der Waals surface area contributed by atoms with Crippen molar-refractivity contribution in [2.24, 2.45) is 50.2 Å². The van der Waals surface area contributed by atoms with Gasteiger partial charge >= 0.3 is 5.97 Å². The number of carbonyl (C=O) groups is 1. The Labute approximate surface area is 494 Å². The van der Waals surface area contributed by atoms with Crippen LogP contribution in [-0.4, -0.2) is 263 Å². The van der Waals surface area contributed by atoms with Gasteiger partial charge < -0.3 is 124 Å². The summed E-state index contributed by atoms with van der Waals surface area (Å²) in [6.45, 7) is 14.2. The van der Waals surface area contributed by atoms with Gasteiger partial charge in [0.15, 0.2) is 31.5 Å². The number of hydrogen-bond donors (Lipinski definition) is 15. The number of ether oxygens (including phenoxy) is 10.